The van der Waals surface area contributed by atoms with Crippen LogP contribution in [0.1, 0.15) is 15.9 Å². The van der Waals surface area contributed by atoms with Crippen LogP contribution < -0.4 is 11.5 Å². The van der Waals surface area contributed by atoms with E-state index in [1.807, 2.05) is 0 Å². The first-order valence-electron chi connectivity index (χ1n) is 4.91. The van der Waals surface area contributed by atoms with Crippen LogP contribution in [0.2, 0.25) is 0 Å². The Morgan fingerprint density at radius 2 is 2.18 bits per heavy atom. The van der Waals surface area contributed by atoms with E-state index in [9.17, 15) is 14.9 Å². The number of hydrogen-bond acceptors (Lipinski definition) is 5. The Morgan fingerprint density at radius 3 is 2.71 bits per heavy atom. The maximum Gasteiger partial charge on any atom is 0.274 e. The summed E-state index contributed by atoms with van der Waals surface area (Å²) < 4.78 is 0. The molecule has 0 spiro atoms. The normalized spacial score (nSPS) is 10.2. The van der Waals surface area contributed by atoms with E-state index < -0.39 is 10.8 Å². The smallest absolute Gasteiger partial charge is 0.274 e. The summed E-state index contributed by atoms with van der Waals surface area (Å²) in [7, 11) is 0. The van der Waals surface area contributed by atoms with Gasteiger partial charge in [-0.05, 0) is 6.07 Å². The van der Waals surface area contributed by atoms with Gasteiger partial charge in [-0.3, -0.25) is 14.9 Å². The minimum atomic E-state index is -0.672. The predicted molar refractivity (Wildman–Crippen MR) is 66.8 cm³/mol. The number of rotatable bonds is 6. The number of primary amides is 1. The first kappa shape index (κ1) is 13.5. The molecule has 1 aromatic rings. The van der Waals surface area contributed by atoms with Gasteiger partial charge >= 0.3 is 0 Å². The number of nitro groups is 1. The second kappa shape index (κ2) is 6.21. The van der Waals surface area contributed by atoms with Gasteiger partial charge in [0.05, 0.1) is 4.92 Å². The molecule has 0 aromatic heterocycles. The Bertz CT molecular complexity index is 437. The molecule has 6 nitrogen and oxygen atoms in total. The van der Waals surface area contributed by atoms with Gasteiger partial charge < -0.3 is 11.5 Å². The topological polar surface area (TPSA) is 112 Å². The van der Waals surface area contributed by atoms with Gasteiger partial charge in [-0.1, -0.05) is 6.07 Å². The van der Waals surface area contributed by atoms with Gasteiger partial charge in [0.25, 0.3) is 5.69 Å². The molecule has 0 atom stereocenters. The summed E-state index contributed by atoms with van der Waals surface area (Å²) in [6, 6.07) is 4.26. The first-order valence-corrected chi connectivity index (χ1v) is 6.06. The molecule has 0 aliphatic heterocycles. The molecule has 1 rings (SSSR count). The molecular weight excluding hydrogens is 242 g/mol. The van der Waals surface area contributed by atoms with Gasteiger partial charge in [-0.2, -0.15) is 11.8 Å². The predicted octanol–water partition coefficient (Wildman–Crippen LogP) is 0.886. The molecule has 0 bridgehead atoms. The van der Waals surface area contributed by atoms with Crippen LogP contribution in [-0.2, 0) is 5.75 Å². The molecular formula is C10H13N3O3S. The molecule has 0 aliphatic rings. The molecule has 0 heterocycles. The summed E-state index contributed by atoms with van der Waals surface area (Å²) in [6.07, 6.45) is 0. The van der Waals surface area contributed by atoms with Crippen molar-refractivity contribution in [3.8, 4) is 0 Å². The van der Waals surface area contributed by atoms with Crippen molar-refractivity contribution in [2.45, 2.75) is 5.75 Å². The molecule has 0 aliphatic carbocycles. The summed E-state index contributed by atoms with van der Waals surface area (Å²) >= 11 is 1.51. The number of amides is 1. The van der Waals surface area contributed by atoms with Gasteiger partial charge in [0.15, 0.2) is 0 Å². The fourth-order valence-electron chi connectivity index (χ4n) is 1.27. The summed E-state index contributed by atoms with van der Waals surface area (Å²) in [5, 5.41) is 10.8. The highest BCUT2D eigenvalue weighted by Crippen LogP contribution is 2.24. The van der Waals surface area contributed by atoms with E-state index in [2.05, 4.69) is 0 Å². The fraction of sp³-hybridized carbons (Fsp3) is 0.300. The Balaban J connectivity index is 2.96. The zero-order valence-electron chi connectivity index (χ0n) is 9.09. The van der Waals surface area contributed by atoms with Crippen LogP contribution in [0.15, 0.2) is 18.2 Å². The molecule has 0 saturated carbocycles. The van der Waals surface area contributed by atoms with Gasteiger partial charge in [-0.25, -0.2) is 0 Å². The van der Waals surface area contributed by atoms with E-state index in [0.717, 1.165) is 5.75 Å². The number of nitrogens with two attached hydrogens (primary N) is 2. The molecule has 0 saturated heterocycles. The molecule has 0 fully saturated rings. The van der Waals surface area contributed by atoms with Crippen molar-refractivity contribution >= 4 is 23.4 Å². The van der Waals surface area contributed by atoms with Crippen LogP contribution >= 0.6 is 11.8 Å². The van der Waals surface area contributed by atoms with Gasteiger partial charge in [0.2, 0.25) is 5.91 Å². The standard InChI is InChI=1S/C10H13N3O3S/c11-3-4-17-6-8-2-1-7(10(12)14)5-9(8)13(15)16/h1-2,5H,3-4,6,11H2,(H2,12,14). The van der Waals surface area contributed by atoms with E-state index in [0.29, 0.717) is 17.9 Å². The Labute approximate surface area is 103 Å². The van der Waals surface area contributed by atoms with Gasteiger partial charge in [-0.15, -0.1) is 0 Å². The lowest BCUT2D eigenvalue weighted by molar-refractivity contribution is -0.385. The summed E-state index contributed by atoms with van der Waals surface area (Å²) in [4.78, 5) is 21.3. The van der Waals surface area contributed by atoms with E-state index >= 15 is 0 Å². The van der Waals surface area contributed by atoms with Crippen molar-refractivity contribution in [2.75, 3.05) is 12.3 Å². The average Bonchev–Trinajstić information content (AvgIpc) is 2.29. The molecule has 0 radical (unpaired) electrons. The van der Waals surface area contributed by atoms with Crippen molar-refractivity contribution in [1.82, 2.24) is 0 Å². The van der Waals surface area contributed by atoms with Crippen LogP contribution in [0.25, 0.3) is 0 Å². The second-order valence-corrected chi connectivity index (χ2v) is 4.41. The van der Waals surface area contributed by atoms with Crippen molar-refractivity contribution in [1.29, 1.82) is 0 Å². The quantitative estimate of drug-likeness (QED) is 0.445. The lowest BCUT2D eigenvalue weighted by Crippen LogP contribution is -2.11. The fourth-order valence-corrected chi connectivity index (χ4v) is 2.05. The first-order chi connectivity index (χ1) is 8.06. The van der Waals surface area contributed by atoms with E-state index in [1.54, 1.807) is 6.07 Å². The van der Waals surface area contributed by atoms with E-state index in [4.69, 9.17) is 11.5 Å². The van der Waals surface area contributed by atoms with Crippen LogP contribution in [0.4, 0.5) is 5.69 Å². The number of carbonyl (C=O) groups excluding carboxylic acids is 1. The minimum absolute atomic E-state index is 0.0779. The van der Waals surface area contributed by atoms with Crippen LogP contribution in [-0.4, -0.2) is 23.1 Å². The minimum Gasteiger partial charge on any atom is -0.366 e. The number of benzene rings is 1. The third-order valence-electron chi connectivity index (χ3n) is 2.09. The molecule has 1 amide bonds. The lowest BCUT2D eigenvalue weighted by Gasteiger charge is -2.04. The molecule has 7 heteroatoms. The van der Waals surface area contributed by atoms with Crippen molar-refractivity contribution in [3.63, 3.8) is 0 Å². The number of nitro benzene ring substituents is 1. The lowest BCUT2D eigenvalue weighted by atomic mass is 10.1. The number of nitrogens with zero attached hydrogens (tertiary/aromatic N) is 1. The summed E-state index contributed by atoms with van der Waals surface area (Å²) in [5.74, 6) is 0.552. The number of thioether (sulfide) groups is 1. The molecule has 1 aromatic carbocycles. The van der Waals surface area contributed by atoms with Crippen LogP contribution in [0.3, 0.4) is 0 Å². The maximum absolute atomic E-state index is 10.9. The average molecular weight is 255 g/mol. The Kier molecular flexibility index (Phi) is 4.92. The van der Waals surface area contributed by atoms with E-state index in [-0.39, 0.29) is 11.3 Å². The zero-order valence-corrected chi connectivity index (χ0v) is 9.90. The van der Waals surface area contributed by atoms with Crippen molar-refractivity contribution in [3.05, 3.63) is 39.4 Å². The number of hydrogen-bond donors (Lipinski definition) is 2. The largest absolute Gasteiger partial charge is 0.366 e. The summed E-state index contributed by atoms with van der Waals surface area (Å²) in [6.45, 7) is 0.526. The van der Waals surface area contributed by atoms with Crippen molar-refractivity contribution in [2.24, 2.45) is 11.5 Å². The highest BCUT2D eigenvalue weighted by atomic mass is 32.2. The highest BCUT2D eigenvalue weighted by Gasteiger charge is 2.16. The molecule has 92 valence electrons. The number of carbonyl (C=O) groups is 1. The third kappa shape index (κ3) is 3.72. The SMILES string of the molecule is NCCSCc1ccc(C(N)=O)cc1[N+](=O)[O-]. The molecule has 17 heavy (non-hydrogen) atoms. The summed E-state index contributed by atoms with van der Waals surface area (Å²) in [5.41, 5.74) is 11.0. The molecule has 4 N–H and O–H groups in total. The maximum atomic E-state index is 10.9. The second-order valence-electron chi connectivity index (χ2n) is 3.31. The Hall–Kier alpha value is -1.60. The third-order valence-corrected chi connectivity index (χ3v) is 3.13. The van der Waals surface area contributed by atoms with Gasteiger partial charge in [0.1, 0.15) is 0 Å². The van der Waals surface area contributed by atoms with Crippen LogP contribution in [0, 0.1) is 10.1 Å². The monoisotopic (exact) mass is 255 g/mol. The zero-order chi connectivity index (χ0) is 12.8. The van der Waals surface area contributed by atoms with Gasteiger partial charge in [0, 0.05) is 35.2 Å². The van der Waals surface area contributed by atoms with E-state index in [1.165, 1.54) is 23.9 Å². The Morgan fingerprint density at radius 1 is 1.47 bits per heavy atom. The highest BCUT2D eigenvalue weighted by molar-refractivity contribution is 7.98. The van der Waals surface area contributed by atoms with Crippen molar-refractivity contribution < 1.29 is 9.72 Å². The van der Waals surface area contributed by atoms with Crippen LogP contribution in [0.5, 0.6) is 0 Å². The molecule has 0 unspecified atom stereocenters.